The second-order valence-electron chi connectivity index (χ2n) is 4.60. The lowest BCUT2D eigenvalue weighted by Gasteiger charge is -2.20. The molecule has 4 nitrogen and oxygen atoms in total. The minimum atomic E-state index is -0.0524. The van der Waals surface area contributed by atoms with Gasteiger partial charge in [-0.1, -0.05) is 15.9 Å². The van der Waals surface area contributed by atoms with Crippen molar-refractivity contribution in [2.45, 2.75) is 18.9 Å². The normalized spacial score (nSPS) is 14.7. The predicted octanol–water partition coefficient (Wildman–Crippen LogP) is 2.61. The molecular formula is C13H16Br2N2O2. The average Bonchev–Trinajstić information content (AvgIpc) is 3.16. The molecule has 1 amide bonds. The molecule has 0 unspecified atom stereocenters. The van der Waals surface area contributed by atoms with Gasteiger partial charge in [0.05, 0.1) is 18.8 Å². The number of carbonyl (C=O) groups excluding carboxylic acids is 1. The number of carbonyl (C=O) groups is 1. The van der Waals surface area contributed by atoms with Crippen molar-refractivity contribution >= 4 is 43.5 Å². The highest BCUT2D eigenvalue weighted by Crippen LogP contribution is 2.28. The number of amides is 1. The van der Waals surface area contributed by atoms with Crippen molar-refractivity contribution in [3.63, 3.8) is 0 Å². The van der Waals surface area contributed by atoms with Gasteiger partial charge in [-0.05, 0) is 47.0 Å². The minimum absolute atomic E-state index is 0.0524. The molecule has 0 aliphatic heterocycles. The van der Waals surface area contributed by atoms with Gasteiger partial charge in [-0.3, -0.25) is 9.69 Å². The first kappa shape index (κ1) is 15.0. The number of halogens is 2. The molecule has 0 saturated heterocycles. The van der Waals surface area contributed by atoms with Crippen LogP contribution in [0.2, 0.25) is 0 Å². The van der Waals surface area contributed by atoms with Crippen LogP contribution >= 0.6 is 31.9 Å². The molecule has 1 aliphatic rings. The van der Waals surface area contributed by atoms with Gasteiger partial charge in [0.2, 0.25) is 5.91 Å². The molecule has 1 aliphatic carbocycles. The Morgan fingerprint density at radius 1 is 1.42 bits per heavy atom. The summed E-state index contributed by atoms with van der Waals surface area (Å²) in [5, 5.41) is 11.9. The Kier molecular flexibility index (Phi) is 5.38. The topological polar surface area (TPSA) is 52.6 Å². The van der Waals surface area contributed by atoms with Gasteiger partial charge in [0.25, 0.3) is 0 Å². The first-order chi connectivity index (χ1) is 9.10. The van der Waals surface area contributed by atoms with Crippen LogP contribution in [0.3, 0.4) is 0 Å². The van der Waals surface area contributed by atoms with Crippen LogP contribution in [-0.2, 0) is 4.79 Å². The van der Waals surface area contributed by atoms with Gasteiger partial charge in [-0.25, -0.2) is 0 Å². The van der Waals surface area contributed by atoms with Crippen LogP contribution in [0.5, 0.6) is 0 Å². The average molecular weight is 392 g/mol. The molecule has 0 atom stereocenters. The summed E-state index contributed by atoms with van der Waals surface area (Å²) in [4.78, 5) is 14.0. The van der Waals surface area contributed by atoms with E-state index in [0.717, 1.165) is 27.5 Å². The summed E-state index contributed by atoms with van der Waals surface area (Å²) in [6.07, 6.45) is 2.24. The van der Waals surface area contributed by atoms with Crippen LogP contribution in [-0.4, -0.2) is 41.7 Å². The Morgan fingerprint density at radius 3 is 2.74 bits per heavy atom. The number of hydrogen-bond acceptors (Lipinski definition) is 3. The van der Waals surface area contributed by atoms with Crippen LogP contribution in [0, 0.1) is 0 Å². The predicted molar refractivity (Wildman–Crippen MR) is 82.2 cm³/mol. The number of benzene rings is 1. The summed E-state index contributed by atoms with van der Waals surface area (Å²) in [6, 6.07) is 6.08. The highest BCUT2D eigenvalue weighted by Gasteiger charge is 2.29. The Balaban J connectivity index is 1.92. The number of anilines is 1. The van der Waals surface area contributed by atoms with Gasteiger partial charge >= 0.3 is 0 Å². The smallest absolute Gasteiger partial charge is 0.238 e. The maximum absolute atomic E-state index is 12.0. The van der Waals surface area contributed by atoms with Gasteiger partial charge in [0, 0.05) is 21.5 Å². The van der Waals surface area contributed by atoms with E-state index in [9.17, 15) is 4.79 Å². The number of hydrogen-bond donors (Lipinski definition) is 2. The largest absolute Gasteiger partial charge is 0.395 e. The number of aliphatic hydroxyl groups excluding tert-OH is 1. The van der Waals surface area contributed by atoms with E-state index in [1.54, 1.807) is 0 Å². The first-order valence-corrected chi connectivity index (χ1v) is 7.78. The summed E-state index contributed by atoms with van der Waals surface area (Å²) in [7, 11) is 0. The van der Waals surface area contributed by atoms with Crippen LogP contribution in [0.1, 0.15) is 12.8 Å². The standard InChI is InChI=1S/C13H16Br2N2O2/c14-9-1-4-12(11(15)7-9)16-13(19)8-17(5-6-18)10-2-3-10/h1,4,7,10,18H,2-3,5-6,8H2,(H,16,19). The van der Waals surface area contributed by atoms with E-state index < -0.39 is 0 Å². The lowest BCUT2D eigenvalue weighted by Crippen LogP contribution is -2.36. The summed E-state index contributed by atoms with van der Waals surface area (Å²) < 4.78 is 1.80. The Labute approximate surface area is 129 Å². The van der Waals surface area contributed by atoms with Crippen molar-refractivity contribution in [3.8, 4) is 0 Å². The molecule has 0 aromatic heterocycles. The van der Waals surface area contributed by atoms with Crippen molar-refractivity contribution in [1.29, 1.82) is 0 Å². The molecule has 2 N–H and O–H groups in total. The molecule has 1 aromatic rings. The van der Waals surface area contributed by atoms with Crippen LogP contribution < -0.4 is 5.32 Å². The van der Waals surface area contributed by atoms with Gasteiger partial charge < -0.3 is 10.4 Å². The van der Waals surface area contributed by atoms with Gasteiger partial charge in [0.15, 0.2) is 0 Å². The quantitative estimate of drug-likeness (QED) is 0.783. The Hall–Kier alpha value is -0.430. The van der Waals surface area contributed by atoms with Gasteiger partial charge in [0.1, 0.15) is 0 Å². The molecule has 0 radical (unpaired) electrons. The third-order valence-corrected chi connectivity index (χ3v) is 4.15. The summed E-state index contributed by atoms with van der Waals surface area (Å²) in [5.74, 6) is -0.0524. The molecule has 1 aromatic carbocycles. The Bertz CT molecular complexity index is 464. The van der Waals surface area contributed by atoms with Crippen LogP contribution in [0.15, 0.2) is 27.1 Å². The fourth-order valence-corrected chi connectivity index (χ4v) is 3.07. The molecule has 2 rings (SSSR count). The highest BCUT2D eigenvalue weighted by atomic mass is 79.9. The fourth-order valence-electron chi connectivity index (χ4n) is 1.92. The number of nitrogens with zero attached hydrogens (tertiary/aromatic N) is 1. The molecule has 0 spiro atoms. The third-order valence-electron chi connectivity index (χ3n) is 3.00. The summed E-state index contributed by atoms with van der Waals surface area (Å²) >= 11 is 6.79. The second kappa shape index (κ2) is 6.83. The monoisotopic (exact) mass is 390 g/mol. The van der Waals surface area contributed by atoms with E-state index in [4.69, 9.17) is 5.11 Å². The fraction of sp³-hybridized carbons (Fsp3) is 0.462. The van der Waals surface area contributed by atoms with Crippen molar-refractivity contribution < 1.29 is 9.90 Å². The van der Waals surface area contributed by atoms with E-state index in [0.29, 0.717) is 19.1 Å². The maximum atomic E-state index is 12.0. The van der Waals surface area contributed by atoms with E-state index >= 15 is 0 Å². The molecular weight excluding hydrogens is 376 g/mol. The summed E-state index contributed by atoms with van der Waals surface area (Å²) in [6.45, 7) is 0.971. The van der Waals surface area contributed by atoms with Crippen LogP contribution in [0.25, 0.3) is 0 Å². The molecule has 0 heterocycles. The van der Waals surface area contributed by atoms with Crippen molar-refractivity contribution in [1.82, 2.24) is 4.90 Å². The molecule has 19 heavy (non-hydrogen) atoms. The van der Waals surface area contributed by atoms with Crippen molar-refractivity contribution in [2.24, 2.45) is 0 Å². The van der Waals surface area contributed by atoms with Gasteiger partial charge in [-0.15, -0.1) is 0 Å². The zero-order chi connectivity index (χ0) is 13.8. The SMILES string of the molecule is O=C(CN(CCO)C1CC1)Nc1ccc(Br)cc1Br. The Morgan fingerprint density at radius 2 is 2.16 bits per heavy atom. The second-order valence-corrected chi connectivity index (χ2v) is 6.37. The molecule has 6 heteroatoms. The first-order valence-electron chi connectivity index (χ1n) is 6.20. The zero-order valence-corrected chi connectivity index (χ0v) is 13.6. The third kappa shape index (κ3) is 4.56. The van der Waals surface area contributed by atoms with E-state index in [-0.39, 0.29) is 12.5 Å². The van der Waals surface area contributed by atoms with Crippen molar-refractivity contribution in [2.75, 3.05) is 25.0 Å². The number of nitrogens with one attached hydrogen (secondary N) is 1. The van der Waals surface area contributed by atoms with E-state index in [2.05, 4.69) is 37.2 Å². The maximum Gasteiger partial charge on any atom is 0.238 e. The van der Waals surface area contributed by atoms with Crippen LogP contribution in [0.4, 0.5) is 5.69 Å². The zero-order valence-electron chi connectivity index (χ0n) is 10.4. The molecule has 0 bridgehead atoms. The van der Waals surface area contributed by atoms with E-state index in [1.807, 2.05) is 23.1 Å². The number of rotatable bonds is 6. The highest BCUT2D eigenvalue weighted by molar-refractivity contribution is 9.11. The van der Waals surface area contributed by atoms with Gasteiger partial charge in [-0.2, -0.15) is 0 Å². The van der Waals surface area contributed by atoms with E-state index in [1.165, 1.54) is 0 Å². The molecule has 1 saturated carbocycles. The minimum Gasteiger partial charge on any atom is -0.395 e. The molecule has 1 fully saturated rings. The van der Waals surface area contributed by atoms with Crippen molar-refractivity contribution in [3.05, 3.63) is 27.1 Å². The summed E-state index contributed by atoms with van der Waals surface area (Å²) in [5.41, 5.74) is 0.757. The molecule has 104 valence electrons. The number of aliphatic hydroxyl groups is 1. The lowest BCUT2D eigenvalue weighted by atomic mass is 10.3. The lowest BCUT2D eigenvalue weighted by molar-refractivity contribution is -0.117.